The molecule has 2 aromatic carbocycles. The third-order valence-corrected chi connectivity index (χ3v) is 6.16. The molecule has 0 aliphatic heterocycles. The summed E-state index contributed by atoms with van der Waals surface area (Å²) in [6, 6.07) is 10.3. The van der Waals surface area contributed by atoms with Crippen molar-refractivity contribution in [1.29, 1.82) is 0 Å². The molecule has 2 N–H and O–H groups in total. The predicted molar refractivity (Wildman–Crippen MR) is 124 cm³/mol. The molecule has 0 unspecified atom stereocenters. The Morgan fingerprint density at radius 1 is 1.10 bits per heavy atom. The summed E-state index contributed by atoms with van der Waals surface area (Å²) < 4.78 is 1.72. The number of carbonyl (C=O) groups excluding carboxylic acids is 2. The van der Waals surface area contributed by atoms with Crippen LogP contribution >= 0.6 is 46.6 Å². The maximum absolute atomic E-state index is 12.4. The van der Waals surface area contributed by atoms with Crippen LogP contribution in [0.4, 0.5) is 5.69 Å². The molecule has 11 heteroatoms. The van der Waals surface area contributed by atoms with E-state index in [-0.39, 0.29) is 34.2 Å². The topological polar surface area (TPSA) is 88.9 Å². The van der Waals surface area contributed by atoms with Crippen LogP contribution in [-0.4, -0.2) is 32.3 Å². The van der Waals surface area contributed by atoms with Crippen LogP contribution < -0.4 is 10.6 Å². The summed E-state index contributed by atoms with van der Waals surface area (Å²) in [7, 11) is 1.77. The number of halogens is 3. The third-order valence-electron chi connectivity index (χ3n) is 4.33. The highest BCUT2D eigenvalue weighted by Gasteiger charge is 2.15. The van der Waals surface area contributed by atoms with Crippen LogP contribution in [-0.2, 0) is 18.4 Å². The number of hydrogen-bond donors (Lipinski definition) is 2. The summed E-state index contributed by atoms with van der Waals surface area (Å²) >= 11 is 19.2. The number of carbonyl (C=O) groups is 2. The summed E-state index contributed by atoms with van der Waals surface area (Å²) in [5.41, 5.74) is 1.80. The highest BCUT2D eigenvalue weighted by atomic mass is 35.5. The Balaban J connectivity index is 1.56. The molecule has 1 aromatic heterocycles. The summed E-state index contributed by atoms with van der Waals surface area (Å²) in [5.74, 6) is 0.130. The molecule has 0 fully saturated rings. The summed E-state index contributed by atoms with van der Waals surface area (Å²) in [5, 5.41) is 15.1. The summed E-state index contributed by atoms with van der Waals surface area (Å²) in [6.45, 7) is 2.08. The Kier molecular flexibility index (Phi) is 7.83. The smallest absolute Gasteiger partial charge is 0.251 e. The molecule has 31 heavy (non-hydrogen) atoms. The first-order valence-electron chi connectivity index (χ1n) is 9.05. The van der Waals surface area contributed by atoms with E-state index in [4.69, 9.17) is 34.8 Å². The van der Waals surface area contributed by atoms with Gasteiger partial charge < -0.3 is 15.2 Å². The van der Waals surface area contributed by atoms with Gasteiger partial charge in [-0.1, -0.05) is 64.8 Å². The van der Waals surface area contributed by atoms with Crippen LogP contribution in [0.3, 0.4) is 0 Å². The first-order valence-corrected chi connectivity index (χ1v) is 11.2. The molecule has 1 heterocycles. The van der Waals surface area contributed by atoms with Crippen molar-refractivity contribution < 1.29 is 9.59 Å². The fourth-order valence-electron chi connectivity index (χ4n) is 2.67. The second kappa shape index (κ2) is 10.4. The van der Waals surface area contributed by atoms with E-state index in [1.807, 2.05) is 25.1 Å². The van der Waals surface area contributed by atoms with Crippen LogP contribution in [0.1, 0.15) is 21.7 Å². The van der Waals surface area contributed by atoms with Gasteiger partial charge in [0.15, 0.2) is 11.0 Å². The van der Waals surface area contributed by atoms with Crippen LogP contribution in [0.5, 0.6) is 0 Å². The van der Waals surface area contributed by atoms with E-state index in [2.05, 4.69) is 20.8 Å². The van der Waals surface area contributed by atoms with Gasteiger partial charge in [0.05, 0.1) is 28.0 Å². The van der Waals surface area contributed by atoms with Crippen molar-refractivity contribution in [3.05, 3.63) is 68.4 Å². The van der Waals surface area contributed by atoms with Crippen molar-refractivity contribution in [3.63, 3.8) is 0 Å². The molecule has 3 aromatic rings. The molecule has 3 rings (SSSR count). The first kappa shape index (κ1) is 23.4. The highest BCUT2D eigenvalue weighted by Crippen LogP contribution is 2.33. The van der Waals surface area contributed by atoms with Gasteiger partial charge in [-0.05, 0) is 30.7 Å². The van der Waals surface area contributed by atoms with E-state index in [1.54, 1.807) is 17.7 Å². The van der Waals surface area contributed by atoms with Gasteiger partial charge in [0, 0.05) is 17.6 Å². The molecular weight excluding hydrogens is 481 g/mol. The Labute approximate surface area is 198 Å². The Morgan fingerprint density at radius 2 is 1.77 bits per heavy atom. The van der Waals surface area contributed by atoms with Gasteiger partial charge in [-0.3, -0.25) is 9.59 Å². The fraction of sp³-hybridized carbons (Fsp3) is 0.200. The van der Waals surface area contributed by atoms with E-state index in [1.165, 1.54) is 23.9 Å². The molecule has 0 spiro atoms. The lowest BCUT2D eigenvalue weighted by molar-refractivity contribution is -0.113. The molecule has 0 aliphatic rings. The second-order valence-corrected chi connectivity index (χ2v) is 8.73. The summed E-state index contributed by atoms with van der Waals surface area (Å²) in [6.07, 6.45) is 0. The minimum atomic E-state index is -0.312. The van der Waals surface area contributed by atoms with Crippen LogP contribution in [0, 0.1) is 6.92 Å². The number of nitrogens with zero attached hydrogens (tertiary/aromatic N) is 3. The fourth-order valence-corrected chi connectivity index (χ4v) is 4.32. The maximum atomic E-state index is 12.4. The number of aromatic nitrogens is 3. The molecule has 0 saturated heterocycles. The number of aryl methyl sites for hydroxylation is 1. The first-order chi connectivity index (χ1) is 14.8. The lowest BCUT2D eigenvalue weighted by atomic mass is 10.1. The van der Waals surface area contributed by atoms with Gasteiger partial charge in [0.2, 0.25) is 5.91 Å². The van der Waals surface area contributed by atoms with Gasteiger partial charge in [0.1, 0.15) is 0 Å². The SMILES string of the molecule is Cc1ccccc1C(=O)NCc1nnc(SCC(=O)Nc2c(Cl)cc(Cl)cc2Cl)n1C. The lowest BCUT2D eigenvalue weighted by Crippen LogP contribution is -2.25. The highest BCUT2D eigenvalue weighted by molar-refractivity contribution is 7.99. The number of hydrogen-bond acceptors (Lipinski definition) is 5. The maximum Gasteiger partial charge on any atom is 0.251 e. The zero-order valence-electron chi connectivity index (χ0n) is 16.6. The lowest BCUT2D eigenvalue weighted by Gasteiger charge is -2.10. The van der Waals surface area contributed by atoms with Crippen molar-refractivity contribution in [3.8, 4) is 0 Å². The molecule has 0 saturated carbocycles. The van der Waals surface area contributed by atoms with Gasteiger partial charge in [-0.2, -0.15) is 0 Å². The zero-order valence-corrected chi connectivity index (χ0v) is 19.7. The Bertz CT molecular complexity index is 1110. The Hall–Kier alpha value is -2.26. The van der Waals surface area contributed by atoms with Gasteiger partial charge in [0.25, 0.3) is 5.91 Å². The zero-order chi connectivity index (χ0) is 22.5. The molecule has 0 atom stereocenters. The van der Waals surface area contributed by atoms with Crippen molar-refractivity contribution in [2.75, 3.05) is 11.1 Å². The third kappa shape index (κ3) is 5.92. The second-order valence-electron chi connectivity index (χ2n) is 6.54. The molecule has 0 bridgehead atoms. The molecular formula is C20H18Cl3N5O2S. The number of benzene rings is 2. The van der Waals surface area contributed by atoms with Crippen molar-refractivity contribution in [2.45, 2.75) is 18.6 Å². The van der Waals surface area contributed by atoms with Crippen molar-refractivity contribution >= 4 is 64.1 Å². The minimum absolute atomic E-state index is 0.0663. The van der Waals surface area contributed by atoms with Crippen LogP contribution in [0.2, 0.25) is 15.1 Å². The number of thioether (sulfide) groups is 1. The number of nitrogens with one attached hydrogen (secondary N) is 2. The van der Waals surface area contributed by atoms with Crippen LogP contribution in [0.25, 0.3) is 0 Å². The normalized spacial score (nSPS) is 10.7. The van der Waals surface area contributed by atoms with Crippen molar-refractivity contribution in [1.82, 2.24) is 20.1 Å². The quantitative estimate of drug-likeness (QED) is 0.459. The van der Waals surface area contributed by atoms with E-state index < -0.39 is 0 Å². The minimum Gasteiger partial charge on any atom is -0.345 e. The average molecular weight is 499 g/mol. The number of rotatable bonds is 7. The predicted octanol–water partition coefficient (Wildman–Crippen LogP) is 4.74. The number of anilines is 1. The van der Waals surface area contributed by atoms with Gasteiger partial charge >= 0.3 is 0 Å². The van der Waals surface area contributed by atoms with Crippen molar-refractivity contribution in [2.24, 2.45) is 7.05 Å². The van der Waals surface area contributed by atoms with Gasteiger partial charge in [-0.25, -0.2) is 0 Å². The standard InChI is InChI=1S/C20H18Cl3N5O2S/c1-11-5-3-4-6-13(11)19(30)24-9-16-26-27-20(28(16)2)31-10-17(29)25-18-14(22)7-12(21)8-15(18)23/h3-8H,9-10H2,1-2H3,(H,24,30)(H,25,29). The van der Waals surface area contributed by atoms with Crippen LogP contribution in [0.15, 0.2) is 41.6 Å². The monoisotopic (exact) mass is 497 g/mol. The average Bonchev–Trinajstić information content (AvgIpc) is 3.07. The molecule has 0 aliphatic carbocycles. The Morgan fingerprint density at radius 3 is 2.45 bits per heavy atom. The molecule has 2 amide bonds. The van der Waals surface area contributed by atoms with Gasteiger partial charge in [-0.15, -0.1) is 10.2 Å². The van der Waals surface area contributed by atoms with E-state index in [9.17, 15) is 9.59 Å². The van der Waals surface area contributed by atoms with E-state index >= 15 is 0 Å². The van der Waals surface area contributed by atoms with E-state index in [0.29, 0.717) is 27.3 Å². The number of amides is 2. The largest absolute Gasteiger partial charge is 0.345 e. The molecule has 0 radical (unpaired) electrons. The molecule has 7 nitrogen and oxygen atoms in total. The summed E-state index contributed by atoms with van der Waals surface area (Å²) in [4.78, 5) is 24.7. The van der Waals surface area contributed by atoms with E-state index in [0.717, 1.165) is 5.56 Å². The molecule has 162 valence electrons.